The number of morpholine rings is 1. The van der Waals surface area contributed by atoms with Gasteiger partial charge < -0.3 is 14.3 Å². The minimum absolute atomic E-state index is 0.470. The Balaban J connectivity index is 1.63. The van der Waals surface area contributed by atoms with Gasteiger partial charge in [0.1, 0.15) is 12.0 Å². The fraction of sp³-hybridized carbons (Fsp3) is 0.533. The highest BCUT2D eigenvalue weighted by molar-refractivity contribution is 5.55. The Morgan fingerprint density at radius 3 is 2.63 bits per heavy atom. The summed E-state index contributed by atoms with van der Waals surface area (Å²) in [6.07, 6.45) is 2.41. The third-order valence-electron chi connectivity index (χ3n) is 3.23. The first kappa shape index (κ1) is 14.0. The van der Waals surface area contributed by atoms with Crippen LogP contribution in [0, 0.1) is 0 Å². The zero-order chi connectivity index (χ0) is 13.3. The van der Waals surface area contributed by atoms with E-state index in [4.69, 9.17) is 9.47 Å². The fourth-order valence-electron chi connectivity index (χ4n) is 2.12. The van der Waals surface area contributed by atoms with Crippen LogP contribution in [0.4, 0.5) is 0 Å². The first-order valence-corrected chi connectivity index (χ1v) is 6.84. The molecule has 0 aromatic heterocycles. The van der Waals surface area contributed by atoms with E-state index in [0.29, 0.717) is 6.42 Å². The van der Waals surface area contributed by atoms with Gasteiger partial charge in [-0.25, -0.2) is 0 Å². The predicted octanol–water partition coefficient (Wildman–Crippen LogP) is 1.53. The van der Waals surface area contributed by atoms with Gasteiger partial charge in [-0.3, -0.25) is 4.90 Å². The lowest BCUT2D eigenvalue weighted by Crippen LogP contribution is -2.37. The number of ether oxygens (including phenoxy) is 2. The largest absolute Gasteiger partial charge is 0.494 e. The van der Waals surface area contributed by atoms with Gasteiger partial charge in [0.15, 0.2) is 0 Å². The highest BCUT2D eigenvalue weighted by Crippen LogP contribution is 2.12. The van der Waals surface area contributed by atoms with E-state index in [-0.39, 0.29) is 0 Å². The molecule has 0 saturated carbocycles. The van der Waals surface area contributed by atoms with Gasteiger partial charge in [-0.1, -0.05) is 12.1 Å². The van der Waals surface area contributed by atoms with Crippen LogP contribution in [0.2, 0.25) is 0 Å². The predicted molar refractivity (Wildman–Crippen MR) is 73.6 cm³/mol. The molecule has 0 aliphatic carbocycles. The highest BCUT2D eigenvalue weighted by atomic mass is 16.5. The maximum Gasteiger partial charge on any atom is 0.124 e. The Morgan fingerprint density at radius 1 is 1.21 bits per heavy atom. The number of aldehydes is 1. The summed E-state index contributed by atoms with van der Waals surface area (Å²) >= 11 is 0. The zero-order valence-electron chi connectivity index (χ0n) is 11.2. The van der Waals surface area contributed by atoms with Crippen molar-refractivity contribution in [3.05, 3.63) is 29.8 Å². The summed E-state index contributed by atoms with van der Waals surface area (Å²) < 4.78 is 11.0. The molecule has 104 valence electrons. The second kappa shape index (κ2) is 7.92. The van der Waals surface area contributed by atoms with Crippen molar-refractivity contribution in [1.82, 2.24) is 4.90 Å². The van der Waals surface area contributed by atoms with Crippen LogP contribution in [0.3, 0.4) is 0 Å². The molecule has 1 aromatic carbocycles. The van der Waals surface area contributed by atoms with Gasteiger partial charge in [0.2, 0.25) is 0 Å². The van der Waals surface area contributed by atoms with Crippen LogP contribution >= 0.6 is 0 Å². The van der Waals surface area contributed by atoms with Crippen molar-refractivity contribution in [2.75, 3.05) is 39.5 Å². The van der Waals surface area contributed by atoms with Crippen molar-refractivity contribution < 1.29 is 14.3 Å². The minimum atomic E-state index is 0.470. The Bertz CT molecular complexity index is 371. The monoisotopic (exact) mass is 263 g/mol. The number of hydrogen-bond acceptors (Lipinski definition) is 4. The van der Waals surface area contributed by atoms with Crippen molar-refractivity contribution in [2.45, 2.75) is 12.8 Å². The number of nitrogens with zero attached hydrogens (tertiary/aromatic N) is 1. The molecule has 0 N–H and O–H groups in total. The van der Waals surface area contributed by atoms with Crippen molar-refractivity contribution in [2.24, 2.45) is 0 Å². The molecule has 0 amide bonds. The van der Waals surface area contributed by atoms with Gasteiger partial charge in [0.25, 0.3) is 0 Å². The molecule has 19 heavy (non-hydrogen) atoms. The lowest BCUT2D eigenvalue weighted by molar-refractivity contribution is -0.107. The van der Waals surface area contributed by atoms with Crippen molar-refractivity contribution in [3.8, 4) is 5.75 Å². The fourth-order valence-corrected chi connectivity index (χ4v) is 2.12. The van der Waals surface area contributed by atoms with E-state index in [0.717, 1.165) is 63.5 Å². The van der Waals surface area contributed by atoms with Crippen LogP contribution in [0.5, 0.6) is 5.75 Å². The molecule has 1 aliphatic rings. The van der Waals surface area contributed by atoms with Gasteiger partial charge in [-0.05, 0) is 24.1 Å². The van der Waals surface area contributed by atoms with Gasteiger partial charge in [-0.2, -0.15) is 0 Å². The lowest BCUT2D eigenvalue weighted by Gasteiger charge is -2.26. The normalized spacial score (nSPS) is 16.2. The van der Waals surface area contributed by atoms with Crippen LogP contribution in [0.1, 0.15) is 12.0 Å². The SMILES string of the molecule is O=CCc1ccc(OCCCN2CCOCC2)cc1. The smallest absolute Gasteiger partial charge is 0.124 e. The van der Waals surface area contributed by atoms with E-state index in [1.807, 2.05) is 24.3 Å². The van der Waals surface area contributed by atoms with Gasteiger partial charge in [-0.15, -0.1) is 0 Å². The molecule has 1 aliphatic heterocycles. The molecule has 1 fully saturated rings. The molecular weight excluding hydrogens is 242 g/mol. The summed E-state index contributed by atoms with van der Waals surface area (Å²) in [6, 6.07) is 7.72. The summed E-state index contributed by atoms with van der Waals surface area (Å²) in [7, 11) is 0. The quantitative estimate of drug-likeness (QED) is 0.552. The Morgan fingerprint density at radius 2 is 1.95 bits per heavy atom. The molecule has 0 atom stereocenters. The third kappa shape index (κ3) is 5.01. The van der Waals surface area contributed by atoms with Crippen molar-refractivity contribution >= 4 is 6.29 Å². The van der Waals surface area contributed by atoms with Crippen LogP contribution < -0.4 is 4.74 Å². The molecule has 0 spiro atoms. The number of hydrogen-bond donors (Lipinski definition) is 0. The van der Waals surface area contributed by atoms with E-state index in [2.05, 4.69) is 4.90 Å². The number of rotatable bonds is 7. The first-order chi connectivity index (χ1) is 9.38. The van der Waals surface area contributed by atoms with Gasteiger partial charge >= 0.3 is 0 Å². The molecule has 4 nitrogen and oxygen atoms in total. The number of carbonyl (C=O) groups is 1. The number of benzene rings is 1. The zero-order valence-corrected chi connectivity index (χ0v) is 11.2. The van der Waals surface area contributed by atoms with Crippen LogP contribution in [0.15, 0.2) is 24.3 Å². The summed E-state index contributed by atoms with van der Waals surface area (Å²) in [4.78, 5) is 12.8. The topological polar surface area (TPSA) is 38.8 Å². The number of carbonyl (C=O) groups excluding carboxylic acids is 1. The van der Waals surface area contributed by atoms with E-state index in [9.17, 15) is 4.79 Å². The molecule has 0 radical (unpaired) electrons. The standard InChI is InChI=1S/C15H21NO3/c17-10-6-14-2-4-15(5-3-14)19-11-1-7-16-8-12-18-13-9-16/h2-5,10H,1,6-9,11-13H2. The molecule has 1 aromatic rings. The second-order valence-corrected chi connectivity index (χ2v) is 4.67. The third-order valence-corrected chi connectivity index (χ3v) is 3.23. The molecule has 2 rings (SSSR count). The molecule has 1 heterocycles. The molecule has 0 bridgehead atoms. The van der Waals surface area contributed by atoms with E-state index < -0.39 is 0 Å². The maximum atomic E-state index is 10.4. The molecule has 0 unspecified atom stereocenters. The average molecular weight is 263 g/mol. The van der Waals surface area contributed by atoms with E-state index in [1.165, 1.54) is 0 Å². The molecule has 4 heteroatoms. The van der Waals surface area contributed by atoms with Crippen LogP contribution in [-0.2, 0) is 16.0 Å². The summed E-state index contributed by atoms with van der Waals surface area (Å²) in [5.74, 6) is 0.872. The van der Waals surface area contributed by atoms with E-state index >= 15 is 0 Å². The summed E-state index contributed by atoms with van der Waals surface area (Å²) in [6.45, 7) is 5.54. The minimum Gasteiger partial charge on any atom is -0.494 e. The van der Waals surface area contributed by atoms with Crippen molar-refractivity contribution in [1.29, 1.82) is 0 Å². The van der Waals surface area contributed by atoms with E-state index in [1.54, 1.807) is 0 Å². The van der Waals surface area contributed by atoms with Gasteiger partial charge in [0.05, 0.1) is 19.8 Å². The maximum absolute atomic E-state index is 10.4. The second-order valence-electron chi connectivity index (χ2n) is 4.67. The first-order valence-electron chi connectivity index (χ1n) is 6.84. The Labute approximate surface area is 114 Å². The summed E-state index contributed by atoms with van der Waals surface area (Å²) in [5.41, 5.74) is 1.02. The molecular formula is C15H21NO3. The highest BCUT2D eigenvalue weighted by Gasteiger charge is 2.09. The summed E-state index contributed by atoms with van der Waals surface area (Å²) in [5, 5.41) is 0. The Kier molecular flexibility index (Phi) is 5.85. The average Bonchev–Trinajstić information content (AvgIpc) is 2.47. The van der Waals surface area contributed by atoms with Gasteiger partial charge in [0, 0.05) is 26.1 Å². The van der Waals surface area contributed by atoms with Crippen molar-refractivity contribution in [3.63, 3.8) is 0 Å². The van der Waals surface area contributed by atoms with Crippen LogP contribution in [0.25, 0.3) is 0 Å². The lowest BCUT2D eigenvalue weighted by atomic mass is 10.2. The molecule has 1 saturated heterocycles. The Hall–Kier alpha value is -1.39. The van der Waals surface area contributed by atoms with Crippen LogP contribution in [-0.4, -0.2) is 50.6 Å².